The second kappa shape index (κ2) is 15.0. The Morgan fingerprint density at radius 2 is 0.727 bits per heavy atom. The van der Waals surface area contributed by atoms with Crippen molar-refractivity contribution in [1.82, 2.24) is 0 Å². The van der Waals surface area contributed by atoms with Gasteiger partial charge in [-0.05, 0) is 27.7 Å². The summed E-state index contributed by atoms with van der Waals surface area (Å²) >= 11 is 0. The predicted octanol–water partition coefficient (Wildman–Crippen LogP) is 5.17. The Hall–Kier alpha value is -2.36. The van der Waals surface area contributed by atoms with E-state index < -0.39 is 0 Å². The second-order valence-electron chi connectivity index (χ2n) is 4.54. The standard InChI is InChI=1S/2C9H14N2/c2*1-5-10-8(3)7-9(4)11-6-2/h2*5-6H,1-2,7H2,3-4H3. The van der Waals surface area contributed by atoms with Crippen LogP contribution in [0.4, 0.5) is 0 Å². The highest BCUT2D eigenvalue weighted by Crippen LogP contribution is 1.92. The third-order valence-corrected chi connectivity index (χ3v) is 2.27. The van der Waals surface area contributed by atoms with E-state index in [9.17, 15) is 0 Å². The maximum absolute atomic E-state index is 4.01. The van der Waals surface area contributed by atoms with Crippen molar-refractivity contribution >= 4 is 22.8 Å². The van der Waals surface area contributed by atoms with Gasteiger partial charge in [0.15, 0.2) is 0 Å². The highest BCUT2D eigenvalue weighted by Gasteiger charge is 1.93. The minimum absolute atomic E-state index is 0.790. The van der Waals surface area contributed by atoms with Crippen molar-refractivity contribution in [3.05, 3.63) is 51.1 Å². The van der Waals surface area contributed by atoms with E-state index in [1.807, 2.05) is 27.7 Å². The molecule has 0 spiro atoms. The number of aliphatic imine (C=N–C) groups is 4. The normalized spacial score (nSPS) is 12.9. The molecule has 0 aliphatic rings. The molecule has 0 bridgehead atoms. The first-order valence-electron chi connectivity index (χ1n) is 6.97. The molecule has 0 N–H and O–H groups in total. The minimum atomic E-state index is 0.790. The molecule has 0 heterocycles. The SMILES string of the molecule is C=CN=C(C)CC(C)=NC=C.C=CN=C(C)CC(C)=NC=C. The topological polar surface area (TPSA) is 49.4 Å². The summed E-state index contributed by atoms with van der Waals surface area (Å²) in [7, 11) is 0. The van der Waals surface area contributed by atoms with Crippen LogP contribution >= 0.6 is 0 Å². The quantitative estimate of drug-likeness (QED) is 0.555. The molecule has 0 unspecified atom stereocenters. The summed E-state index contributed by atoms with van der Waals surface area (Å²) in [5, 5.41) is 0. The van der Waals surface area contributed by atoms with E-state index in [-0.39, 0.29) is 0 Å². The Balaban J connectivity index is 0. The molecule has 0 atom stereocenters. The molecule has 0 aliphatic heterocycles. The van der Waals surface area contributed by atoms with Crippen molar-refractivity contribution < 1.29 is 0 Å². The van der Waals surface area contributed by atoms with Gasteiger partial charge in [0.1, 0.15) is 0 Å². The van der Waals surface area contributed by atoms with Gasteiger partial charge in [0, 0.05) is 60.5 Å². The van der Waals surface area contributed by atoms with E-state index in [0.29, 0.717) is 0 Å². The van der Waals surface area contributed by atoms with Gasteiger partial charge < -0.3 is 0 Å². The molecule has 4 heteroatoms. The van der Waals surface area contributed by atoms with Crippen LogP contribution < -0.4 is 0 Å². The van der Waals surface area contributed by atoms with Gasteiger partial charge >= 0.3 is 0 Å². The zero-order chi connectivity index (χ0) is 17.4. The van der Waals surface area contributed by atoms with E-state index in [0.717, 1.165) is 35.7 Å². The molecule has 4 nitrogen and oxygen atoms in total. The molecule has 0 aliphatic carbocycles. The average Bonchev–Trinajstić information content (AvgIpc) is 2.40. The maximum atomic E-state index is 4.01. The molecule has 0 radical (unpaired) electrons. The van der Waals surface area contributed by atoms with Crippen molar-refractivity contribution in [1.29, 1.82) is 0 Å². The average molecular weight is 300 g/mol. The molecule has 120 valence electrons. The maximum Gasteiger partial charge on any atom is 0.0238 e. The number of hydrogen-bond acceptors (Lipinski definition) is 4. The minimum Gasteiger partial charge on any atom is -0.266 e. The number of nitrogens with zero attached hydrogens (tertiary/aromatic N) is 4. The first-order valence-corrected chi connectivity index (χ1v) is 6.97. The van der Waals surface area contributed by atoms with Crippen molar-refractivity contribution in [3.8, 4) is 0 Å². The van der Waals surface area contributed by atoms with Crippen LogP contribution in [0.15, 0.2) is 71.1 Å². The van der Waals surface area contributed by atoms with Gasteiger partial charge in [0.25, 0.3) is 0 Å². The molecule has 0 aromatic rings. The van der Waals surface area contributed by atoms with Crippen LogP contribution in [0, 0.1) is 0 Å². The lowest BCUT2D eigenvalue weighted by Gasteiger charge is -1.96. The highest BCUT2D eigenvalue weighted by molar-refractivity contribution is 6.03. The number of rotatable bonds is 8. The lowest BCUT2D eigenvalue weighted by Crippen LogP contribution is -1.99. The van der Waals surface area contributed by atoms with Crippen LogP contribution in [0.25, 0.3) is 0 Å². The molecular weight excluding hydrogens is 272 g/mol. The van der Waals surface area contributed by atoms with Crippen molar-refractivity contribution in [2.45, 2.75) is 40.5 Å². The Labute approximate surface area is 135 Å². The zero-order valence-electron chi connectivity index (χ0n) is 14.3. The molecule has 0 aromatic heterocycles. The molecule has 0 saturated heterocycles. The summed E-state index contributed by atoms with van der Waals surface area (Å²) < 4.78 is 0. The van der Waals surface area contributed by atoms with Gasteiger partial charge in [-0.2, -0.15) is 0 Å². The fourth-order valence-corrected chi connectivity index (χ4v) is 1.55. The van der Waals surface area contributed by atoms with E-state index in [2.05, 4.69) is 46.3 Å². The van der Waals surface area contributed by atoms with E-state index in [1.54, 1.807) is 0 Å². The predicted molar refractivity (Wildman–Crippen MR) is 102 cm³/mol. The van der Waals surface area contributed by atoms with Crippen LogP contribution in [0.3, 0.4) is 0 Å². The Bertz CT molecular complexity index is 401. The van der Waals surface area contributed by atoms with Crippen LogP contribution in [-0.4, -0.2) is 22.8 Å². The lowest BCUT2D eigenvalue weighted by atomic mass is 10.2. The Kier molecular flexibility index (Phi) is 15.0. The van der Waals surface area contributed by atoms with Crippen LogP contribution in [0.2, 0.25) is 0 Å². The third-order valence-electron chi connectivity index (χ3n) is 2.27. The summed E-state index contributed by atoms with van der Waals surface area (Å²) in [4.78, 5) is 16.0. The van der Waals surface area contributed by atoms with Gasteiger partial charge in [0.2, 0.25) is 0 Å². The lowest BCUT2D eigenvalue weighted by molar-refractivity contribution is 1.38. The summed E-state index contributed by atoms with van der Waals surface area (Å²) in [5.41, 5.74) is 4.07. The smallest absolute Gasteiger partial charge is 0.0238 e. The second-order valence-corrected chi connectivity index (χ2v) is 4.54. The molecule has 0 fully saturated rings. The van der Waals surface area contributed by atoms with Gasteiger partial charge in [0.05, 0.1) is 0 Å². The molecule has 0 saturated carbocycles. The monoisotopic (exact) mass is 300 g/mol. The third kappa shape index (κ3) is 15.7. The largest absolute Gasteiger partial charge is 0.266 e. The fraction of sp³-hybridized carbons (Fsp3) is 0.333. The summed E-state index contributed by atoms with van der Waals surface area (Å²) in [6.45, 7) is 21.8. The zero-order valence-corrected chi connectivity index (χ0v) is 14.3. The molecule has 0 amide bonds. The van der Waals surface area contributed by atoms with Crippen molar-refractivity contribution in [2.75, 3.05) is 0 Å². The Morgan fingerprint density at radius 1 is 0.545 bits per heavy atom. The van der Waals surface area contributed by atoms with Gasteiger partial charge in [-0.15, -0.1) is 0 Å². The van der Waals surface area contributed by atoms with Crippen molar-refractivity contribution in [3.63, 3.8) is 0 Å². The molecule has 22 heavy (non-hydrogen) atoms. The van der Waals surface area contributed by atoms with E-state index in [1.165, 1.54) is 24.8 Å². The summed E-state index contributed by atoms with van der Waals surface area (Å²) in [6, 6.07) is 0. The molecule has 0 rings (SSSR count). The van der Waals surface area contributed by atoms with Crippen LogP contribution in [0.1, 0.15) is 40.5 Å². The highest BCUT2D eigenvalue weighted by atomic mass is 14.7. The van der Waals surface area contributed by atoms with E-state index in [4.69, 9.17) is 0 Å². The van der Waals surface area contributed by atoms with Crippen LogP contribution in [0.5, 0.6) is 0 Å². The van der Waals surface area contributed by atoms with Crippen LogP contribution in [-0.2, 0) is 0 Å². The first kappa shape index (κ1) is 21.9. The summed E-state index contributed by atoms with van der Waals surface area (Å²) in [5.74, 6) is 0. The summed E-state index contributed by atoms with van der Waals surface area (Å²) in [6.07, 6.45) is 7.73. The van der Waals surface area contributed by atoms with Gasteiger partial charge in [-0.3, -0.25) is 20.0 Å². The van der Waals surface area contributed by atoms with Crippen molar-refractivity contribution in [2.24, 2.45) is 20.0 Å². The molecule has 0 aromatic carbocycles. The molecular formula is C18H28N4. The number of hydrogen-bond donors (Lipinski definition) is 0. The van der Waals surface area contributed by atoms with Gasteiger partial charge in [-0.1, -0.05) is 26.3 Å². The Morgan fingerprint density at radius 3 is 0.864 bits per heavy atom. The van der Waals surface area contributed by atoms with Gasteiger partial charge in [-0.25, -0.2) is 0 Å². The first-order chi connectivity index (χ1) is 10.4. The van der Waals surface area contributed by atoms with E-state index >= 15 is 0 Å². The fourth-order valence-electron chi connectivity index (χ4n) is 1.55.